The maximum atomic E-state index is 12.7. The fraction of sp³-hybridized carbons (Fsp3) is 0.409. The van der Waals surface area contributed by atoms with Gasteiger partial charge in [-0.25, -0.2) is 13.1 Å². The van der Waals surface area contributed by atoms with Crippen molar-refractivity contribution in [2.45, 2.75) is 44.2 Å². The molecule has 0 aliphatic carbocycles. The molecule has 1 heterocycles. The van der Waals surface area contributed by atoms with E-state index in [1.165, 1.54) is 5.56 Å². The monoisotopic (exact) mass is 415 g/mol. The van der Waals surface area contributed by atoms with Gasteiger partial charge in [-0.3, -0.25) is 4.79 Å². The average molecular weight is 416 g/mol. The average Bonchev–Trinajstić information content (AvgIpc) is 3.03. The Kier molecular flexibility index (Phi) is 6.72. The molecule has 6 nitrogen and oxygen atoms in total. The quantitative estimate of drug-likeness (QED) is 0.720. The summed E-state index contributed by atoms with van der Waals surface area (Å²) in [5.74, 6) is 0.0615. The molecule has 0 radical (unpaired) electrons. The van der Waals surface area contributed by atoms with Gasteiger partial charge in [-0.1, -0.05) is 37.3 Å². The molecule has 1 aliphatic heterocycles. The number of nitrogens with zero attached hydrogens (tertiary/aromatic N) is 2. The number of benzene rings is 2. The van der Waals surface area contributed by atoms with E-state index in [9.17, 15) is 13.2 Å². The zero-order valence-electron chi connectivity index (χ0n) is 17.3. The summed E-state index contributed by atoms with van der Waals surface area (Å²) in [6.07, 6.45) is 1.10. The molecule has 0 fully saturated rings. The van der Waals surface area contributed by atoms with Crippen LogP contribution in [0.3, 0.4) is 0 Å². The Hall–Kier alpha value is -2.22. The minimum absolute atomic E-state index is 0.0509. The van der Waals surface area contributed by atoms with Gasteiger partial charge in [-0.15, -0.1) is 0 Å². The third-order valence-corrected chi connectivity index (χ3v) is 6.69. The molecule has 0 aromatic heterocycles. The zero-order valence-corrected chi connectivity index (χ0v) is 18.1. The lowest BCUT2D eigenvalue weighted by molar-refractivity contribution is -0.118. The van der Waals surface area contributed by atoms with E-state index in [0.717, 1.165) is 17.8 Å². The number of sulfonamides is 1. The number of likely N-dealkylation sites (N-methyl/N-ethyl adjacent to an activating group) is 1. The van der Waals surface area contributed by atoms with Gasteiger partial charge in [0.2, 0.25) is 15.9 Å². The van der Waals surface area contributed by atoms with E-state index in [0.29, 0.717) is 25.9 Å². The SMILES string of the molecule is CCC(=O)N1c2ccc(S(=O)(=O)NCCN(C)Cc3ccccc3)cc2CC1C. The van der Waals surface area contributed by atoms with E-state index in [2.05, 4.69) is 21.8 Å². The van der Waals surface area contributed by atoms with Crippen molar-refractivity contribution in [3.63, 3.8) is 0 Å². The maximum absolute atomic E-state index is 12.7. The van der Waals surface area contributed by atoms with Crippen LogP contribution in [-0.2, 0) is 27.8 Å². The molecule has 2 aromatic rings. The maximum Gasteiger partial charge on any atom is 0.240 e. The Labute approximate surface area is 173 Å². The molecule has 156 valence electrons. The Bertz CT molecular complexity index is 961. The van der Waals surface area contributed by atoms with Gasteiger partial charge in [-0.2, -0.15) is 0 Å². The first-order valence-corrected chi connectivity index (χ1v) is 11.5. The number of carbonyl (C=O) groups is 1. The van der Waals surface area contributed by atoms with E-state index < -0.39 is 10.0 Å². The third-order valence-electron chi connectivity index (χ3n) is 5.23. The number of nitrogens with one attached hydrogen (secondary N) is 1. The van der Waals surface area contributed by atoms with E-state index in [1.54, 1.807) is 23.1 Å². The molecule has 1 aliphatic rings. The van der Waals surface area contributed by atoms with Crippen LogP contribution in [0.25, 0.3) is 0 Å². The molecule has 0 saturated carbocycles. The van der Waals surface area contributed by atoms with Gasteiger partial charge >= 0.3 is 0 Å². The Balaban J connectivity index is 1.62. The number of rotatable bonds is 8. The second-order valence-corrected chi connectivity index (χ2v) is 9.35. The molecule has 1 N–H and O–H groups in total. The molecule has 2 aromatic carbocycles. The van der Waals surface area contributed by atoms with Crippen molar-refractivity contribution in [1.82, 2.24) is 9.62 Å². The van der Waals surface area contributed by atoms with Gasteiger partial charge in [0.05, 0.1) is 4.90 Å². The summed E-state index contributed by atoms with van der Waals surface area (Å²) in [6.45, 7) is 5.53. The highest BCUT2D eigenvalue weighted by atomic mass is 32.2. The number of carbonyl (C=O) groups excluding carboxylic acids is 1. The van der Waals surface area contributed by atoms with Crippen molar-refractivity contribution in [3.05, 3.63) is 59.7 Å². The minimum Gasteiger partial charge on any atom is -0.309 e. The summed E-state index contributed by atoms with van der Waals surface area (Å²) < 4.78 is 28.1. The first kappa shape index (κ1) is 21.5. The first-order valence-electron chi connectivity index (χ1n) is 9.99. The Morgan fingerprint density at radius 2 is 1.93 bits per heavy atom. The fourth-order valence-corrected chi connectivity index (χ4v) is 4.82. The number of anilines is 1. The zero-order chi connectivity index (χ0) is 21.0. The van der Waals surface area contributed by atoms with Crippen molar-refractivity contribution in [2.24, 2.45) is 0 Å². The van der Waals surface area contributed by atoms with Crippen LogP contribution in [0.1, 0.15) is 31.4 Å². The van der Waals surface area contributed by atoms with Gasteiger partial charge in [0, 0.05) is 37.8 Å². The molecule has 7 heteroatoms. The predicted octanol–water partition coefficient (Wildman–Crippen LogP) is 2.78. The molecule has 1 atom stereocenters. The molecular formula is C22H29N3O3S. The molecule has 0 spiro atoms. The summed E-state index contributed by atoms with van der Waals surface area (Å²) in [7, 11) is -1.62. The van der Waals surface area contributed by atoms with Crippen LogP contribution in [0.2, 0.25) is 0 Å². The van der Waals surface area contributed by atoms with Crippen LogP contribution in [-0.4, -0.2) is 45.4 Å². The molecule has 1 unspecified atom stereocenters. The number of fused-ring (bicyclic) bond motifs is 1. The van der Waals surface area contributed by atoms with Gasteiger partial charge in [0.25, 0.3) is 0 Å². The molecule has 1 amide bonds. The van der Waals surface area contributed by atoms with Crippen LogP contribution in [0.4, 0.5) is 5.69 Å². The fourth-order valence-electron chi connectivity index (χ4n) is 3.75. The molecular weight excluding hydrogens is 386 g/mol. The normalized spacial score (nSPS) is 16.3. The summed E-state index contributed by atoms with van der Waals surface area (Å²) in [5.41, 5.74) is 2.92. The first-order chi connectivity index (χ1) is 13.8. The summed E-state index contributed by atoms with van der Waals surface area (Å²) in [4.78, 5) is 16.3. The van der Waals surface area contributed by atoms with Crippen LogP contribution >= 0.6 is 0 Å². The van der Waals surface area contributed by atoms with Crippen LogP contribution in [0, 0.1) is 0 Å². The predicted molar refractivity (Wildman–Crippen MR) is 115 cm³/mol. The smallest absolute Gasteiger partial charge is 0.240 e. The Morgan fingerprint density at radius 3 is 2.62 bits per heavy atom. The largest absolute Gasteiger partial charge is 0.309 e. The van der Waals surface area contributed by atoms with Crippen molar-refractivity contribution in [2.75, 3.05) is 25.0 Å². The summed E-state index contributed by atoms with van der Waals surface area (Å²) in [5, 5.41) is 0. The van der Waals surface area contributed by atoms with Crippen molar-refractivity contribution >= 4 is 21.6 Å². The molecule has 29 heavy (non-hydrogen) atoms. The molecule has 0 saturated heterocycles. The standard InChI is InChI=1S/C22H29N3O3S/c1-4-22(26)25-17(2)14-19-15-20(10-11-21(19)25)29(27,28)23-12-13-24(3)16-18-8-6-5-7-9-18/h5-11,15,17,23H,4,12-14,16H2,1-3H3. The highest BCUT2D eigenvalue weighted by Gasteiger charge is 2.31. The van der Waals surface area contributed by atoms with Crippen molar-refractivity contribution in [1.29, 1.82) is 0 Å². The van der Waals surface area contributed by atoms with Crippen molar-refractivity contribution in [3.8, 4) is 0 Å². The summed E-state index contributed by atoms with van der Waals surface area (Å²) in [6, 6.07) is 15.2. The van der Waals surface area contributed by atoms with E-state index in [4.69, 9.17) is 0 Å². The van der Waals surface area contributed by atoms with Crippen LogP contribution in [0.15, 0.2) is 53.4 Å². The number of amides is 1. The van der Waals surface area contributed by atoms with Crippen LogP contribution < -0.4 is 9.62 Å². The van der Waals surface area contributed by atoms with Crippen molar-refractivity contribution < 1.29 is 13.2 Å². The van der Waals surface area contributed by atoms with Gasteiger partial charge in [0.15, 0.2) is 0 Å². The topological polar surface area (TPSA) is 69.7 Å². The summed E-state index contributed by atoms with van der Waals surface area (Å²) >= 11 is 0. The highest BCUT2D eigenvalue weighted by Crippen LogP contribution is 2.34. The molecule has 0 bridgehead atoms. The number of hydrogen-bond donors (Lipinski definition) is 1. The number of hydrogen-bond acceptors (Lipinski definition) is 4. The second kappa shape index (κ2) is 9.07. The lowest BCUT2D eigenvalue weighted by Crippen LogP contribution is -2.35. The van der Waals surface area contributed by atoms with Gasteiger partial charge in [-0.05, 0) is 49.7 Å². The molecule has 3 rings (SSSR count). The van der Waals surface area contributed by atoms with Gasteiger partial charge in [0.1, 0.15) is 0 Å². The highest BCUT2D eigenvalue weighted by molar-refractivity contribution is 7.89. The lowest BCUT2D eigenvalue weighted by atomic mass is 10.1. The Morgan fingerprint density at radius 1 is 1.21 bits per heavy atom. The van der Waals surface area contributed by atoms with E-state index >= 15 is 0 Å². The van der Waals surface area contributed by atoms with E-state index in [-0.39, 0.29) is 16.8 Å². The van der Waals surface area contributed by atoms with E-state index in [1.807, 2.05) is 39.1 Å². The minimum atomic E-state index is -3.59. The second-order valence-electron chi connectivity index (χ2n) is 7.58. The van der Waals surface area contributed by atoms with Gasteiger partial charge < -0.3 is 9.80 Å². The van der Waals surface area contributed by atoms with Crippen LogP contribution in [0.5, 0.6) is 0 Å². The lowest BCUT2D eigenvalue weighted by Gasteiger charge is -2.22. The third kappa shape index (κ3) is 5.04.